The average Bonchev–Trinajstić information content (AvgIpc) is 3.16. The maximum absolute atomic E-state index is 12.5. The van der Waals surface area contributed by atoms with Crippen LogP contribution in [0.3, 0.4) is 0 Å². The molecular formula is C18H25N5O2. The summed E-state index contributed by atoms with van der Waals surface area (Å²) >= 11 is 0. The number of nitrogens with zero attached hydrogens (tertiary/aromatic N) is 4. The third kappa shape index (κ3) is 3.99. The zero-order chi connectivity index (χ0) is 17.8. The van der Waals surface area contributed by atoms with E-state index in [2.05, 4.69) is 22.6 Å². The molecule has 1 aliphatic heterocycles. The molecule has 0 spiro atoms. The van der Waals surface area contributed by atoms with E-state index in [-0.39, 0.29) is 18.2 Å². The van der Waals surface area contributed by atoms with E-state index < -0.39 is 0 Å². The van der Waals surface area contributed by atoms with Gasteiger partial charge in [0.25, 0.3) is 0 Å². The van der Waals surface area contributed by atoms with E-state index in [9.17, 15) is 4.79 Å². The first-order valence-corrected chi connectivity index (χ1v) is 8.63. The van der Waals surface area contributed by atoms with Crippen molar-refractivity contribution in [1.82, 2.24) is 25.2 Å². The lowest BCUT2D eigenvalue weighted by atomic mass is 9.96. The van der Waals surface area contributed by atoms with E-state index in [0.29, 0.717) is 12.5 Å². The van der Waals surface area contributed by atoms with Crippen LogP contribution in [-0.2, 0) is 4.74 Å². The highest BCUT2D eigenvalue weighted by molar-refractivity contribution is 5.74. The summed E-state index contributed by atoms with van der Waals surface area (Å²) in [6.45, 7) is 5.57. The fourth-order valence-corrected chi connectivity index (χ4v) is 3.15. The minimum atomic E-state index is -0.0716. The number of methoxy groups -OCH3 is 1. The molecule has 3 atom stereocenters. The summed E-state index contributed by atoms with van der Waals surface area (Å²) in [7, 11) is 1.71. The molecule has 0 bridgehead atoms. The number of amides is 2. The first-order chi connectivity index (χ1) is 12.1. The zero-order valence-electron chi connectivity index (χ0n) is 14.9. The number of rotatable bonds is 4. The number of urea groups is 1. The Hall–Kier alpha value is -2.41. The highest BCUT2D eigenvalue weighted by Gasteiger charge is 2.29. The van der Waals surface area contributed by atoms with Gasteiger partial charge in [-0.25, -0.2) is 9.48 Å². The quantitative estimate of drug-likeness (QED) is 0.925. The Balaban J connectivity index is 1.60. The summed E-state index contributed by atoms with van der Waals surface area (Å²) < 4.78 is 7.19. The van der Waals surface area contributed by atoms with Crippen molar-refractivity contribution in [3.63, 3.8) is 0 Å². The van der Waals surface area contributed by atoms with Crippen LogP contribution in [0.25, 0.3) is 5.69 Å². The summed E-state index contributed by atoms with van der Waals surface area (Å²) in [6.07, 6.45) is 4.51. The van der Waals surface area contributed by atoms with Gasteiger partial charge < -0.3 is 15.0 Å². The molecule has 2 aromatic rings. The number of carbonyl (C=O) groups excluding carboxylic acids is 1. The molecule has 3 rings (SSSR count). The minimum Gasteiger partial charge on any atom is -0.379 e. The van der Waals surface area contributed by atoms with Gasteiger partial charge in [-0.2, -0.15) is 0 Å². The lowest BCUT2D eigenvalue weighted by Crippen LogP contribution is -2.50. The Bertz CT molecular complexity index is 686. The second-order valence-electron chi connectivity index (χ2n) is 6.60. The molecule has 7 nitrogen and oxygen atoms in total. The van der Waals surface area contributed by atoms with E-state index in [1.807, 2.05) is 36.1 Å². The molecule has 1 aromatic carbocycles. The second-order valence-corrected chi connectivity index (χ2v) is 6.60. The van der Waals surface area contributed by atoms with Gasteiger partial charge in [0, 0.05) is 20.2 Å². The SMILES string of the molecule is CO[C@@H]1CN(C(=O)N[C@@H](C)c2ccc(-n3ccnn3)cc2)CC[C@@H]1C. The number of likely N-dealkylation sites (tertiary alicyclic amines) is 1. The van der Waals surface area contributed by atoms with E-state index >= 15 is 0 Å². The first-order valence-electron chi connectivity index (χ1n) is 8.63. The fourth-order valence-electron chi connectivity index (χ4n) is 3.15. The summed E-state index contributed by atoms with van der Waals surface area (Å²) in [5.41, 5.74) is 1.98. The fraction of sp³-hybridized carbons (Fsp3) is 0.500. The number of nitrogens with one attached hydrogen (secondary N) is 1. The van der Waals surface area contributed by atoms with Crippen molar-refractivity contribution in [2.45, 2.75) is 32.4 Å². The van der Waals surface area contributed by atoms with Gasteiger partial charge >= 0.3 is 6.03 Å². The van der Waals surface area contributed by atoms with E-state index in [1.54, 1.807) is 24.2 Å². The van der Waals surface area contributed by atoms with Crippen molar-refractivity contribution in [2.75, 3.05) is 20.2 Å². The smallest absolute Gasteiger partial charge is 0.317 e. The minimum absolute atomic E-state index is 0.0400. The zero-order valence-corrected chi connectivity index (χ0v) is 14.9. The number of aromatic nitrogens is 3. The highest BCUT2D eigenvalue weighted by atomic mass is 16.5. The molecule has 2 heterocycles. The van der Waals surface area contributed by atoms with E-state index in [0.717, 1.165) is 24.2 Å². The third-order valence-electron chi connectivity index (χ3n) is 4.90. The van der Waals surface area contributed by atoms with Crippen LogP contribution < -0.4 is 5.32 Å². The summed E-state index contributed by atoms with van der Waals surface area (Å²) in [4.78, 5) is 14.4. The molecule has 0 aliphatic carbocycles. The Morgan fingerprint density at radius 3 is 2.76 bits per heavy atom. The molecule has 1 aromatic heterocycles. The highest BCUT2D eigenvalue weighted by Crippen LogP contribution is 2.21. The van der Waals surface area contributed by atoms with E-state index in [1.165, 1.54) is 0 Å². The molecule has 7 heteroatoms. The topological polar surface area (TPSA) is 72.3 Å². The normalized spacial score (nSPS) is 21.8. The number of ether oxygens (including phenoxy) is 1. The number of hydrogen-bond acceptors (Lipinski definition) is 4. The van der Waals surface area contributed by atoms with Gasteiger partial charge in [0.2, 0.25) is 0 Å². The van der Waals surface area contributed by atoms with Gasteiger partial charge in [-0.1, -0.05) is 24.3 Å². The Labute approximate surface area is 148 Å². The predicted octanol–water partition coefficient (Wildman–Crippen LogP) is 2.39. The van der Waals surface area contributed by atoms with Gasteiger partial charge in [-0.3, -0.25) is 0 Å². The summed E-state index contributed by atoms with van der Waals surface area (Å²) in [5.74, 6) is 0.482. The molecular weight excluding hydrogens is 318 g/mol. The van der Waals surface area contributed by atoms with Crippen LogP contribution in [0.4, 0.5) is 4.79 Å². The monoisotopic (exact) mass is 343 g/mol. The molecule has 134 valence electrons. The largest absolute Gasteiger partial charge is 0.379 e. The average molecular weight is 343 g/mol. The maximum Gasteiger partial charge on any atom is 0.317 e. The molecule has 1 saturated heterocycles. The van der Waals surface area contributed by atoms with Gasteiger partial charge in [0.05, 0.1) is 30.2 Å². The lowest BCUT2D eigenvalue weighted by Gasteiger charge is -2.36. The van der Waals surface area contributed by atoms with Gasteiger partial charge in [0.1, 0.15) is 0 Å². The van der Waals surface area contributed by atoms with Crippen molar-refractivity contribution in [2.24, 2.45) is 5.92 Å². The Morgan fingerprint density at radius 1 is 1.36 bits per heavy atom. The number of carbonyl (C=O) groups is 1. The van der Waals surface area contributed by atoms with Crippen LogP contribution in [0.15, 0.2) is 36.7 Å². The standard InChI is InChI=1S/C18H25N5O2/c1-13-8-10-22(12-17(13)25-3)18(24)20-14(2)15-4-6-16(7-5-15)23-11-9-19-21-23/h4-7,9,11,13-14,17H,8,10,12H2,1-3H3,(H,20,24)/t13-,14-,17+/m0/s1. The van der Waals surface area contributed by atoms with Crippen LogP contribution >= 0.6 is 0 Å². The number of piperidine rings is 1. The Morgan fingerprint density at radius 2 is 2.12 bits per heavy atom. The van der Waals surface area contributed by atoms with Crippen molar-refractivity contribution >= 4 is 6.03 Å². The molecule has 1 fully saturated rings. The van der Waals surface area contributed by atoms with E-state index in [4.69, 9.17) is 4.74 Å². The molecule has 0 saturated carbocycles. The van der Waals surface area contributed by atoms with Crippen LogP contribution in [0.5, 0.6) is 0 Å². The van der Waals surface area contributed by atoms with Crippen LogP contribution in [0, 0.1) is 5.92 Å². The van der Waals surface area contributed by atoms with Crippen LogP contribution in [0.1, 0.15) is 31.9 Å². The maximum atomic E-state index is 12.5. The summed E-state index contributed by atoms with van der Waals surface area (Å²) in [6, 6.07) is 7.82. The third-order valence-corrected chi connectivity index (χ3v) is 4.90. The van der Waals surface area contributed by atoms with Crippen molar-refractivity contribution in [3.05, 3.63) is 42.2 Å². The van der Waals surface area contributed by atoms with Gasteiger partial charge in [0.15, 0.2) is 0 Å². The first kappa shape index (κ1) is 17.4. The van der Waals surface area contributed by atoms with Crippen molar-refractivity contribution in [1.29, 1.82) is 0 Å². The molecule has 0 unspecified atom stereocenters. The number of benzene rings is 1. The molecule has 25 heavy (non-hydrogen) atoms. The molecule has 0 radical (unpaired) electrons. The second kappa shape index (κ2) is 7.65. The summed E-state index contributed by atoms with van der Waals surface area (Å²) in [5, 5.41) is 10.9. The molecule has 1 aliphatic rings. The number of hydrogen-bond donors (Lipinski definition) is 1. The molecule has 2 amide bonds. The lowest BCUT2D eigenvalue weighted by molar-refractivity contribution is 0.00689. The van der Waals surface area contributed by atoms with Crippen molar-refractivity contribution < 1.29 is 9.53 Å². The van der Waals surface area contributed by atoms with Gasteiger partial charge in [-0.15, -0.1) is 5.10 Å². The van der Waals surface area contributed by atoms with Crippen molar-refractivity contribution in [3.8, 4) is 5.69 Å². The Kier molecular flexibility index (Phi) is 5.33. The van der Waals surface area contributed by atoms with Gasteiger partial charge in [-0.05, 0) is 37.0 Å². The molecule has 1 N–H and O–H groups in total. The van der Waals surface area contributed by atoms with Crippen LogP contribution in [-0.4, -0.2) is 52.2 Å². The van der Waals surface area contributed by atoms with Crippen LogP contribution in [0.2, 0.25) is 0 Å². The predicted molar refractivity (Wildman–Crippen MR) is 94.5 cm³/mol.